The van der Waals surface area contributed by atoms with Crippen LogP contribution in [0.15, 0.2) is 64.5 Å². The van der Waals surface area contributed by atoms with Crippen LogP contribution >= 0.6 is 0 Å². The summed E-state index contributed by atoms with van der Waals surface area (Å²) in [4.78, 5) is 0. The van der Waals surface area contributed by atoms with Crippen LogP contribution in [0.2, 0.25) is 0 Å². The summed E-state index contributed by atoms with van der Waals surface area (Å²) in [6.07, 6.45) is 5.44. The second-order valence-electron chi connectivity index (χ2n) is 3.75. The van der Waals surface area contributed by atoms with E-state index in [9.17, 15) is 5.11 Å². The van der Waals surface area contributed by atoms with Crippen LogP contribution in [0.5, 0.6) is 0 Å². The minimum Gasteiger partial charge on any atom is -0.362 e. The Morgan fingerprint density at radius 2 is 2.00 bits per heavy atom. The zero-order chi connectivity index (χ0) is 12.1. The van der Waals surface area contributed by atoms with E-state index in [2.05, 4.69) is 10.2 Å². The first-order valence-corrected chi connectivity index (χ1v) is 5.36. The predicted molar refractivity (Wildman–Crippen MR) is 64.8 cm³/mol. The Morgan fingerprint density at radius 3 is 2.59 bits per heavy atom. The fourth-order valence-corrected chi connectivity index (χ4v) is 1.44. The lowest BCUT2D eigenvalue weighted by molar-refractivity contribution is -0.143. The molecule has 0 fully saturated rings. The second-order valence-corrected chi connectivity index (χ2v) is 3.75. The molecule has 1 aromatic carbocycles. The van der Waals surface area contributed by atoms with Gasteiger partial charge in [-0.15, -0.1) is 0 Å². The largest absolute Gasteiger partial charge is 0.362 e. The molecule has 0 bridgehead atoms. The van der Waals surface area contributed by atoms with Gasteiger partial charge in [-0.2, -0.15) is 10.2 Å². The number of benzene rings is 1. The van der Waals surface area contributed by atoms with E-state index >= 15 is 0 Å². The Labute approximate surface area is 100.0 Å². The lowest BCUT2D eigenvalue weighted by atomic mass is 10.1. The summed E-state index contributed by atoms with van der Waals surface area (Å²) in [5, 5.41) is 17.9. The number of hydrogen-bond acceptors (Lipinski definition) is 4. The van der Waals surface area contributed by atoms with Crippen LogP contribution in [-0.2, 0) is 4.74 Å². The van der Waals surface area contributed by atoms with Crippen molar-refractivity contribution in [3.63, 3.8) is 0 Å². The third kappa shape index (κ3) is 3.09. The molecule has 1 aliphatic carbocycles. The topological polar surface area (TPSA) is 54.2 Å². The molecule has 0 aromatic heterocycles. The van der Waals surface area contributed by atoms with Crippen molar-refractivity contribution in [2.75, 3.05) is 7.11 Å². The number of rotatable bonds is 3. The summed E-state index contributed by atoms with van der Waals surface area (Å²) in [7, 11) is 1.47. The maximum Gasteiger partial charge on any atom is 0.188 e. The van der Waals surface area contributed by atoms with Gasteiger partial charge in [-0.05, 0) is 24.3 Å². The van der Waals surface area contributed by atoms with E-state index in [1.54, 1.807) is 18.2 Å². The molecular weight excluding hydrogens is 216 g/mol. The summed E-state index contributed by atoms with van der Waals surface area (Å²) in [6, 6.07) is 9.49. The summed E-state index contributed by atoms with van der Waals surface area (Å²) in [5.74, 6) is -1.20. The second kappa shape index (κ2) is 5.03. The van der Waals surface area contributed by atoms with Crippen molar-refractivity contribution in [3.8, 4) is 0 Å². The Bertz CT molecular complexity index is 466. The van der Waals surface area contributed by atoms with Gasteiger partial charge in [0.1, 0.15) is 0 Å². The maximum atomic E-state index is 9.76. The van der Waals surface area contributed by atoms with Crippen LogP contribution < -0.4 is 0 Å². The van der Waals surface area contributed by atoms with Crippen LogP contribution in [0.4, 0.5) is 5.69 Å². The van der Waals surface area contributed by atoms with Gasteiger partial charge in [-0.3, -0.25) is 0 Å². The maximum absolute atomic E-state index is 9.76. The standard InChI is InChI=1S/C13H14N2O2/c1-17-13(16)9-7-12(8-10-13)15-14-11-5-3-2-4-6-11/h2-9,16H,10H2,1H3. The summed E-state index contributed by atoms with van der Waals surface area (Å²) >= 11 is 0. The van der Waals surface area contributed by atoms with Crippen LogP contribution in [0.1, 0.15) is 6.42 Å². The molecule has 0 aliphatic heterocycles. The van der Waals surface area contributed by atoms with Gasteiger partial charge in [0.25, 0.3) is 0 Å². The zero-order valence-corrected chi connectivity index (χ0v) is 9.58. The van der Waals surface area contributed by atoms with E-state index in [4.69, 9.17) is 4.74 Å². The van der Waals surface area contributed by atoms with Gasteiger partial charge in [0.2, 0.25) is 0 Å². The van der Waals surface area contributed by atoms with Crippen molar-refractivity contribution in [2.45, 2.75) is 12.2 Å². The molecule has 4 heteroatoms. The molecule has 0 saturated heterocycles. The highest BCUT2D eigenvalue weighted by atomic mass is 16.6. The molecule has 0 amide bonds. The summed E-state index contributed by atoms with van der Waals surface area (Å²) in [5.41, 5.74) is 1.52. The van der Waals surface area contributed by atoms with E-state index in [1.807, 2.05) is 30.3 Å². The van der Waals surface area contributed by atoms with E-state index in [0.717, 1.165) is 11.4 Å². The molecule has 1 unspecified atom stereocenters. The monoisotopic (exact) mass is 230 g/mol. The normalized spacial score (nSPS) is 24.0. The smallest absolute Gasteiger partial charge is 0.188 e. The van der Waals surface area contributed by atoms with Crippen LogP contribution in [0.3, 0.4) is 0 Å². The first kappa shape index (κ1) is 11.7. The van der Waals surface area contributed by atoms with Crippen molar-refractivity contribution >= 4 is 5.69 Å². The number of azo groups is 1. The minimum atomic E-state index is -1.20. The van der Waals surface area contributed by atoms with Gasteiger partial charge >= 0.3 is 0 Å². The van der Waals surface area contributed by atoms with Gasteiger partial charge < -0.3 is 9.84 Å². The number of hydrogen-bond donors (Lipinski definition) is 1. The van der Waals surface area contributed by atoms with E-state index in [1.165, 1.54) is 7.11 Å². The zero-order valence-electron chi connectivity index (χ0n) is 9.58. The van der Waals surface area contributed by atoms with Crippen molar-refractivity contribution in [3.05, 3.63) is 54.3 Å². The lowest BCUT2D eigenvalue weighted by Crippen LogP contribution is -2.28. The van der Waals surface area contributed by atoms with Gasteiger partial charge in [0.15, 0.2) is 5.79 Å². The molecule has 1 aliphatic rings. The Kier molecular flexibility index (Phi) is 3.46. The van der Waals surface area contributed by atoms with Crippen LogP contribution in [0, 0.1) is 0 Å². The highest BCUT2D eigenvalue weighted by molar-refractivity contribution is 5.35. The minimum absolute atomic E-state index is 0.378. The average molecular weight is 230 g/mol. The molecule has 0 heterocycles. The van der Waals surface area contributed by atoms with E-state index < -0.39 is 5.79 Å². The molecule has 2 rings (SSSR count). The van der Waals surface area contributed by atoms with Gasteiger partial charge in [0.05, 0.1) is 11.4 Å². The summed E-state index contributed by atoms with van der Waals surface area (Å²) < 4.78 is 4.94. The number of nitrogens with zero attached hydrogens (tertiary/aromatic N) is 2. The van der Waals surface area contributed by atoms with Gasteiger partial charge in [-0.25, -0.2) is 0 Å². The fraction of sp³-hybridized carbons (Fsp3) is 0.231. The molecule has 1 atom stereocenters. The molecule has 88 valence electrons. The SMILES string of the molecule is COC1(O)C=CC(N=Nc2ccccc2)=CC1. The third-order valence-corrected chi connectivity index (χ3v) is 2.51. The van der Waals surface area contributed by atoms with Crippen LogP contribution in [0.25, 0.3) is 0 Å². The molecule has 0 saturated carbocycles. The molecule has 1 N–H and O–H groups in total. The van der Waals surface area contributed by atoms with Gasteiger partial charge in [-0.1, -0.05) is 24.3 Å². The highest BCUT2D eigenvalue weighted by Crippen LogP contribution is 2.23. The van der Waals surface area contributed by atoms with E-state index in [0.29, 0.717) is 6.42 Å². The third-order valence-electron chi connectivity index (χ3n) is 2.51. The number of allylic oxidation sites excluding steroid dienone is 1. The molecule has 17 heavy (non-hydrogen) atoms. The highest BCUT2D eigenvalue weighted by Gasteiger charge is 2.23. The first-order chi connectivity index (χ1) is 8.22. The number of ether oxygens (including phenoxy) is 1. The average Bonchev–Trinajstić information content (AvgIpc) is 2.39. The first-order valence-electron chi connectivity index (χ1n) is 5.36. The van der Waals surface area contributed by atoms with Crippen molar-refractivity contribution < 1.29 is 9.84 Å². The Morgan fingerprint density at radius 1 is 1.24 bits per heavy atom. The number of methoxy groups -OCH3 is 1. The fourth-order valence-electron chi connectivity index (χ4n) is 1.44. The van der Waals surface area contributed by atoms with Crippen molar-refractivity contribution in [1.29, 1.82) is 0 Å². The Hall–Kier alpha value is -1.78. The van der Waals surface area contributed by atoms with Crippen molar-refractivity contribution in [1.82, 2.24) is 0 Å². The lowest BCUT2D eigenvalue weighted by Gasteiger charge is -2.23. The molecule has 0 radical (unpaired) electrons. The molecule has 1 aromatic rings. The van der Waals surface area contributed by atoms with E-state index in [-0.39, 0.29) is 0 Å². The van der Waals surface area contributed by atoms with Crippen molar-refractivity contribution in [2.24, 2.45) is 10.2 Å². The molecule has 0 spiro atoms. The summed E-state index contributed by atoms with van der Waals surface area (Å²) in [6.45, 7) is 0. The Balaban J connectivity index is 2.03. The van der Waals surface area contributed by atoms with Gasteiger partial charge in [0, 0.05) is 13.5 Å². The predicted octanol–water partition coefficient (Wildman–Crippen LogP) is 2.95. The number of aliphatic hydroxyl groups is 1. The molecular formula is C13H14N2O2. The quantitative estimate of drug-likeness (QED) is 0.641. The molecule has 4 nitrogen and oxygen atoms in total. The van der Waals surface area contributed by atoms with Crippen LogP contribution in [-0.4, -0.2) is 18.0 Å².